The number of benzene rings is 3. The Labute approximate surface area is 258 Å². The largest absolute Gasteiger partial charge is 0.508 e. The summed E-state index contributed by atoms with van der Waals surface area (Å²) in [5, 5.41) is 48.3. The summed E-state index contributed by atoms with van der Waals surface area (Å²) in [4.78, 5) is 9.87. The number of hydrogen-bond donors (Lipinski definition) is 5. The molecule has 0 spiro atoms. The Bertz CT molecular complexity index is 1160. The van der Waals surface area contributed by atoms with Gasteiger partial charge in [0.25, 0.3) is 0 Å². The van der Waals surface area contributed by atoms with E-state index in [1.807, 2.05) is 114 Å². The van der Waals surface area contributed by atoms with Crippen LogP contribution in [0.5, 0.6) is 28.7 Å². The van der Waals surface area contributed by atoms with Gasteiger partial charge in [0.15, 0.2) is 11.5 Å². The monoisotopic (exact) mass is 599 g/mol. The van der Waals surface area contributed by atoms with E-state index in [2.05, 4.69) is 4.90 Å². The number of aromatic hydroxyl groups is 5. The number of hydrogen-bond acceptors (Lipinski definition) is 10. The van der Waals surface area contributed by atoms with Crippen molar-refractivity contribution in [3.05, 3.63) is 76.3 Å². The van der Waals surface area contributed by atoms with E-state index in [4.69, 9.17) is 5.11 Å². The molecule has 10 heteroatoms. The fourth-order valence-electron chi connectivity index (χ4n) is 4.16. The molecule has 0 amide bonds. The van der Waals surface area contributed by atoms with Gasteiger partial charge in [-0.25, -0.2) is 0 Å². The summed E-state index contributed by atoms with van der Waals surface area (Å²) in [5.74, 6) is 0.792. The van der Waals surface area contributed by atoms with Crippen molar-refractivity contribution < 1.29 is 25.5 Å². The molecule has 0 saturated heterocycles. The normalized spacial score (nSPS) is 11.1. The Morgan fingerprint density at radius 2 is 0.698 bits per heavy atom. The Kier molecular flexibility index (Phi) is 15.9. The molecule has 0 saturated carbocycles. The summed E-state index contributed by atoms with van der Waals surface area (Å²) >= 11 is 0. The lowest BCUT2D eigenvalue weighted by Gasteiger charge is -2.16. The van der Waals surface area contributed by atoms with Crippen LogP contribution in [0.1, 0.15) is 27.8 Å². The van der Waals surface area contributed by atoms with E-state index in [1.165, 1.54) is 5.56 Å². The zero-order valence-electron chi connectivity index (χ0n) is 27.6. The minimum atomic E-state index is -0.00644. The standard InChI is InChI=1S/2C12H20N2O2.C9H13NO/c1-13(2)7-9-5-12(16)10(6-11(9)15)8-14(3)4;1-13(2)7-9-5-6-10(8-14(3)4)12(16)11(9)15;1-10(2)7-8-3-5-9(11)6-4-8/h2*5-6,15-16H,7-8H2,1-4H3;3-6,11H,7H2,1-2H3. The third kappa shape index (κ3) is 14.5. The molecule has 0 atom stereocenters. The summed E-state index contributed by atoms with van der Waals surface area (Å²) in [6, 6.07) is 14.2. The van der Waals surface area contributed by atoms with Crippen LogP contribution in [0.25, 0.3) is 0 Å². The average Bonchev–Trinajstić information content (AvgIpc) is 2.88. The number of phenolic OH excluding ortho intramolecular Hbond substituents is 5. The predicted molar refractivity (Wildman–Crippen MR) is 175 cm³/mol. The van der Waals surface area contributed by atoms with E-state index in [1.54, 1.807) is 24.3 Å². The summed E-state index contributed by atoms with van der Waals surface area (Å²) in [7, 11) is 19.4. The molecule has 3 aromatic carbocycles. The number of phenols is 5. The first kappa shape index (κ1) is 37.5. The highest BCUT2D eigenvalue weighted by atomic mass is 16.3. The Morgan fingerprint density at radius 3 is 1.00 bits per heavy atom. The second-order valence-electron chi connectivity index (χ2n) is 12.0. The molecule has 0 radical (unpaired) electrons. The van der Waals surface area contributed by atoms with Gasteiger partial charge < -0.3 is 50.0 Å². The SMILES string of the molecule is CN(C)Cc1cc(O)c(CN(C)C)cc1O.CN(C)Cc1ccc(CN(C)C)c(O)c1O.CN(C)Cc1ccc(O)cc1. The van der Waals surface area contributed by atoms with E-state index < -0.39 is 0 Å². The van der Waals surface area contributed by atoms with Crippen molar-refractivity contribution in [3.8, 4) is 28.7 Å². The van der Waals surface area contributed by atoms with Gasteiger partial charge >= 0.3 is 0 Å². The highest BCUT2D eigenvalue weighted by Crippen LogP contribution is 2.33. The van der Waals surface area contributed by atoms with Crippen molar-refractivity contribution in [2.24, 2.45) is 0 Å². The second-order valence-corrected chi connectivity index (χ2v) is 12.0. The van der Waals surface area contributed by atoms with Gasteiger partial charge in [0.1, 0.15) is 17.2 Å². The van der Waals surface area contributed by atoms with Crippen LogP contribution in [-0.2, 0) is 32.7 Å². The highest BCUT2D eigenvalue weighted by molar-refractivity contribution is 5.50. The van der Waals surface area contributed by atoms with E-state index in [0.717, 1.165) is 28.8 Å². The topological polar surface area (TPSA) is 117 Å². The molecule has 3 rings (SSSR count). The fraction of sp³-hybridized carbons (Fsp3) is 0.455. The van der Waals surface area contributed by atoms with Crippen molar-refractivity contribution in [3.63, 3.8) is 0 Å². The van der Waals surface area contributed by atoms with Crippen molar-refractivity contribution in [2.75, 3.05) is 70.5 Å². The Balaban J connectivity index is 0.000000329. The van der Waals surface area contributed by atoms with Crippen LogP contribution in [0.3, 0.4) is 0 Å². The van der Waals surface area contributed by atoms with E-state index in [9.17, 15) is 20.4 Å². The molecule has 0 bridgehead atoms. The minimum Gasteiger partial charge on any atom is -0.508 e. The molecule has 0 aromatic heterocycles. The van der Waals surface area contributed by atoms with Crippen molar-refractivity contribution in [1.82, 2.24) is 24.5 Å². The van der Waals surface area contributed by atoms with E-state index in [-0.39, 0.29) is 23.0 Å². The van der Waals surface area contributed by atoms with Gasteiger partial charge in [0.05, 0.1) is 0 Å². The van der Waals surface area contributed by atoms with Gasteiger partial charge in [-0.3, -0.25) is 0 Å². The molecule has 240 valence electrons. The van der Waals surface area contributed by atoms with E-state index >= 15 is 0 Å². The molecule has 0 aliphatic rings. The molecule has 0 fully saturated rings. The third-order valence-corrected chi connectivity index (χ3v) is 5.98. The van der Waals surface area contributed by atoms with Gasteiger partial charge in [-0.1, -0.05) is 24.3 Å². The van der Waals surface area contributed by atoms with Crippen molar-refractivity contribution in [2.45, 2.75) is 32.7 Å². The minimum absolute atomic E-state index is 0.00644. The smallest absolute Gasteiger partial charge is 0.162 e. The van der Waals surface area contributed by atoms with Crippen LogP contribution >= 0.6 is 0 Å². The lowest BCUT2D eigenvalue weighted by atomic mass is 10.1. The summed E-state index contributed by atoms with van der Waals surface area (Å²) in [5.41, 5.74) is 4.18. The quantitative estimate of drug-likeness (QED) is 0.174. The average molecular weight is 600 g/mol. The molecular weight excluding hydrogens is 546 g/mol. The second kappa shape index (κ2) is 18.2. The molecule has 5 N–H and O–H groups in total. The van der Waals surface area contributed by atoms with Crippen LogP contribution in [0.15, 0.2) is 48.5 Å². The van der Waals surface area contributed by atoms with Gasteiger partial charge in [-0.15, -0.1) is 0 Å². The van der Waals surface area contributed by atoms with Gasteiger partial charge in [-0.05, 0) is 100 Å². The molecular formula is C33H53N5O5. The predicted octanol–water partition coefficient (Wildman–Crippen LogP) is 3.90. The van der Waals surface area contributed by atoms with E-state index in [0.29, 0.717) is 31.9 Å². The van der Waals surface area contributed by atoms with Gasteiger partial charge in [0.2, 0.25) is 0 Å². The van der Waals surface area contributed by atoms with Crippen LogP contribution in [-0.4, -0.2) is 121 Å². The molecule has 10 nitrogen and oxygen atoms in total. The van der Waals surface area contributed by atoms with Crippen LogP contribution in [0.4, 0.5) is 0 Å². The molecule has 0 heterocycles. The molecule has 0 unspecified atom stereocenters. The van der Waals surface area contributed by atoms with Crippen LogP contribution in [0, 0.1) is 0 Å². The summed E-state index contributed by atoms with van der Waals surface area (Å²) in [6.45, 7) is 3.37. The first-order valence-corrected chi connectivity index (χ1v) is 14.1. The fourth-order valence-corrected chi connectivity index (χ4v) is 4.16. The first-order chi connectivity index (χ1) is 20.0. The van der Waals surface area contributed by atoms with Crippen LogP contribution < -0.4 is 0 Å². The molecule has 0 aliphatic carbocycles. The molecule has 43 heavy (non-hydrogen) atoms. The zero-order valence-corrected chi connectivity index (χ0v) is 27.6. The highest BCUT2D eigenvalue weighted by Gasteiger charge is 2.13. The maximum absolute atomic E-state index is 9.84. The Hall–Kier alpha value is -3.54. The lowest BCUT2D eigenvalue weighted by molar-refractivity contribution is 0.354. The first-order valence-electron chi connectivity index (χ1n) is 14.1. The molecule has 0 aliphatic heterocycles. The van der Waals surface area contributed by atoms with Crippen molar-refractivity contribution >= 4 is 0 Å². The maximum atomic E-state index is 9.84. The number of nitrogens with zero attached hydrogens (tertiary/aromatic N) is 5. The Morgan fingerprint density at radius 1 is 0.395 bits per heavy atom. The number of rotatable bonds is 10. The maximum Gasteiger partial charge on any atom is 0.162 e. The lowest BCUT2D eigenvalue weighted by Crippen LogP contribution is -2.12. The summed E-state index contributed by atoms with van der Waals surface area (Å²) < 4.78 is 0. The third-order valence-electron chi connectivity index (χ3n) is 5.98. The van der Waals surface area contributed by atoms with Crippen LogP contribution in [0.2, 0.25) is 0 Å². The zero-order chi connectivity index (χ0) is 32.9. The molecule has 3 aromatic rings. The van der Waals surface area contributed by atoms with Crippen molar-refractivity contribution in [1.29, 1.82) is 0 Å². The van der Waals surface area contributed by atoms with Gasteiger partial charge in [0, 0.05) is 55.0 Å². The van der Waals surface area contributed by atoms with Gasteiger partial charge in [-0.2, -0.15) is 0 Å². The summed E-state index contributed by atoms with van der Waals surface area (Å²) in [6.07, 6.45) is 0.